The fraction of sp³-hybridized carbons (Fsp3) is 0.533. The molecule has 4 atom stereocenters. The van der Waals surface area contributed by atoms with Crippen LogP contribution in [0.5, 0.6) is 0 Å². The van der Waals surface area contributed by atoms with Gasteiger partial charge in [-0.15, -0.1) is 0 Å². The SMILES string of the molecule is CC(C)(C)CC1NC(C(=O)NC2(C)CCN(S(C)(=O)=O)CC2)C(c2cccc(Cl)c2F)C1(C#N)c1ccc(Cl)cc1F. The molecule has 2 fully saturated rings. The smallest absolute Gasteiger partial charge is 0.238 e. The lowest BCUT2D eigenvalue weighted by Crippen LogP contribution is -2.58. The molecule has 42 heavy (non-hydrogen) atoms. The predicted molar refractivity (Wildman–Crippen MR) is 160 cm³/mol. The summed E-state index contributed by atoms with van der Waals surface area (Å²) in [5, 5.41) is 17.3. The lowest BCUT2D eigenvalue weighted by molar-refractivity contribution is -0.125. The Labute approximate surface area is 256 Å². The van der Waals surface area contributed by atoms with E-state index in [2.05, 4.69) is 16.7 Å². The summed E-state index contributed by atoms with van der Waals surface area (Å²) in [6.45, 7) is 8.18. The summed E-state index contributed by atoms with van der Waals surface area (Å²) in [4.78, 5) is 14.2. The topological polar surface area (TPSA) is 102 Å². The van der Waals surface area contributed by atoms with Gasteiger partial charge in [0.05, 0.1) is 23.4 Å². The predicted octanol–water partition coefficient (Wildman–Crippen LogP) is 5.52. The summed E-state index contributed by atoms with van der Waals surface area (Å²) >= 11 is 12.3. The molecule has 2 aliphatic rings. The standard InChI is InChI=1S/C30H36Cl2F2N4O3S/c1-28(2,3)16-23-30(17-35,20-10-9-18(31)15-22(20)33)24(19-7-6-8-21(32)25(19)34)26(36-23)27(39)37-29(4)11-13-38(14-12-29)42(5,40)41/h6-10,15,23-24,26,36H,11-14,16H2,1-5H3,(H,37,39). The average molecular weight is 642 g/mol. The third kappa shape index (κ3) is 6.31. The second kappa shape index (κ2) is 11.7. The zero-order valence-corrected chi connectivity index (χ0v) is 26.6. The molecule has 2 aromatic rings. The number of piperidine rings is 1. The minimum atomic E-state index is -3.38. The Bertz CT molecular complexity index is 1520. The molecule has 2 aromatic carbocycles. The number of benzene rings is 2. The van der Waals surface area contributed by atoms with Crippen molar-refractivity contribution in [2.24, 2.45) is 5.41 Å². The largest absolute Gasteiger partial charge is 0.349 e. The minimum absolute atomic E-state index is 0.00324. The van der Waals surface area contributed by atoms with Gasteiger partial charge in [-0.05, 0) is 55.4 Å². The molecule has 0 radical (unpaired) electrons. The molecule has 0 aromatic heterocycles. The average Bonchev–Trinajstić information content (AvgIpc) is 3.18. The third-order valence-corrected chi connectivity index (χ3v) is 10.3. The van der Waals surface area contributed by atoms with E-state index in [-0.39, 0.29) is 39.7 Å². The van der Waals surface area contributed by atoms with Crippen molar-refractivity contribution in [3.8, 4) is 6.07 Å². The molecule has 1 amide bonds. The van der Waals surface area contributed by atoms with Crippen LogP contribution in [0.4, 0.5) is 8.78 Å². The number of carbonyl (C=O) groups is 1. The summed E-state index contributed by atoms with van der Waals surface area (Å²) < 4.78 is 57.0. The zero-order chi connectivity index (χ0) is 31.3. The highest BCUT2D eigenvalue weighted by molar-refractivity contribution is 7.88. The van der Waals surface area contributed by atoms with Crippen molar-refractivity contribution in [3.63, 3.8) is 0 Å². The van der Waals surface area contributed by atoms with E-state index in [1.807, 2.05) is 27.7 Å². The Morgan fingerprint density at radius 3 is 2.38 bits per heavy atom. The maximum Gasteiger partial charge on any atom is 0.238 e. The lowest BCUT2D eigenvalue weighted by atomic mass is 9.62. The highest BCUT2D eigenvalue weighted by atomic mass is 35.5. The van der Waals surface area contributed by atoms with Crippen molar-refractivity contribution in [3.05, 3.63) is 69.2 Å². The van der Waals surface area contributed by atoms with Crippen molar-refractivity contribution in [2.75, 3.05) is 19.3 Å². The van der Waals surface area contributed by atoms with Crippen LogP contribution in [0.3, 0.4) is 0 Å². The molecule has 2 N–H and O–H groups in total. The summed E-state index contributed by atoms with van der Waals surface area (Å²) in [6, 6.07) is 8.81. The zero-order valence-electron chi connectivity index (χ0n) is 24.3. The number of nitriles is 1. The number of rotatable bonds is 6. The Kier molecular flexibility index (Phi) is 9.06. The van der Waals surface area contributed by atoms with Crippen molar-refractivity contribution < 1.29 is 22.0 Å². The van der Waals surface area contributed by atoms with Crippen LogP contribution in [0.15, 0.2) is 36.4 Å². The minimum Gasteiger partial charge on any atom is -0.349 e. The molecule has 4 unspecified atom stereocenters. The molecule has 0 spiro atoms. The maximum atomic E-state index is 15.8. The third-order valence-electron chi connectivity index (χ3n) is 8.45. The van der Waals surface area contributed by atoms with Gasteiger partial charge in [0, 0.05) is 41.2 Å². The van der Waals surface area contributed by atoms with Crippen molar-refractivity contribution in [2.45, 2.75) is 75.9 Å². The molecule has 12 heteroatoms. The van der Waals surface area contributed by atoms with Crippen LogP contribution in [0, 0.1) is 28.4 Å². The van der Waals surface area contributed by atoms with Crippen LogP contribution >= 0.6 is 23.2 Å². The highest BCUT2D eigenvalue weighted by Gasteiger charge is 2.61. The molecular weight excluding hydrogens is 605 g/mol. The van der Waals surface area contributed by atoms with Gasteiger partial charge in [-0.3, -0.25) is 4.79 Å². The number of nitrogens with one attached hydrogen (secondary N) is 2. The molecule has 2 aliphatic heterocycles. The molecule has 7 nitrogen and oxygen atoms in total. The van der Waals surface area contributed by atoms with Gasteiger partial charge in [0.25, 0.3) is 0 Å². The van der Waals surface area contributed by atoms with Crippen LogP contribution in [-0.2, 0) is 20.2 Å². The van der Waals surface area contributed by atoms with Gasteiger partial charge >= 0.3 is 0 Å². The van der Waals surface area contributed by atoms with E-state index in [4.69, 9.17) is 23.2 Å². The van der Waals surface area contributed by atoms with E-state index in [0.29, 0.717) is 19.3 Å². The maximum absolute atomic E-state index is 15.8. The van der Waals surface area contributed by atoms with Gasteiger partial charge in [0.1, 0.15) is 17.0 Å². The Morgan fingerprint density at radius 1 is 1.19 bits per heavy atom. The number of sulfonamides is 1. The normalized spacial score (nSPS) is 26.5. The number of amides is 1. The van der Waals surface area contributed by atoms with Gasteiger partial charge in [0.15, 0.2) is 0 Å². The van der Waals surface area contributed by atoms with Gasteiger partial charge < -0.3 is 10.6 Å². The van der Waals surface area contributed by atoms with Gasteiger partial charge in [-0.25, -0.2) is 21.5 Å². The first kappa shape index (κ1) is 32.6. The molecular formula is C30H36Cl2F2N4O3S. The van der Waals surface area contributed by atoms with Gasteiger partial charge in [0.2, 0.25) is 15.9 Å². The van der Waals surface area contributed by atoms with E-state index in [1.54, 1.807) is 0 Å². The summed E-state index contributed by atoms with van der Waals surface area (Å²) in [5.41, 5.74) is -2.84. The first-order valence-corrected chi connectivity index (χ1v) is 16.4. The molecule has 0 bridgehead atoms. The molecule has 4 rings (SSSR count). The molecule has 2 saturated heterocycles. The highest BCUT2D eigenvalue weighted by Crippen LogP contribution is 2.53. The van der Waals surface area contributed by atoms with Crippen LogP contribution in [0.25, 0.3) is 0 Å². The van der Waals surface area contributed by atoms with E-state index in [1.165, 1.54) is 34.6 Å². The van der Waals surface area contributed by atoms with E-state index >= 15 is 8.78 Å². The van der Waals surface area contributed by atoms with Crippen molar-refractivity contribution in [1.29, 1.82) is 5.26 Å². The first-order chi connectivity index (χ1) is 19.4. The van der Waals surface area contributed by atoms with Gasteiger partial charge in [-0.1, -0.05) is 62.2 Å². The number of carbonyl (C=O) groups excluding carboxylic acids is 1. The van der Waals surface area contributed by atoms with Crippen LogP contribution in [-0.4, -0.2) is 55.6 Å². The Morgan fingerprint density at radius 2 is 1.83 bits per heavy atom. The second-order valence-electron chi connectivity index (χ2n) is 12.9. The summed E-state index contributed by atoms with van der Waals surface area (Å²) in [6.07, 6.45) is 2.21. The summed E-state index contributed by atoms with van der Waals surface area (Å²) in [7, 11) is -3.38. The van der Waals surface area contributed by atoms with Crippen LogP contribution in [0.2, 0.25) is 10.0 Å². The van der Waals surface area contributed by atoms with E-state index in [0.717, 1.165) is 12.3 Å². The van der Waals surface area contributed by atoms with Crippen molar-refractivity contribution in [1.82, 2.24) is 14.9 Å². The van der Waals surface area contributed by atoms with E-state index in [9.17, 15) is 18.5 Å². The molecule has 2 heterocycles. The molecule has 0 saturated carbocycles. The number of nitrogens with zero attached hydrogens (tertiary/aromatic N) is 2. The molecule has 0 aliphatic carbocycles. The van der Waals surface area contributed by atoms with E-state index < -0.39 is 56.5 Å². The number of hydrogen-bond donors (Lipinski definition) is 2. The fourth-order valence-electron chi connectivity index (χ4n) is 6.37. The lowest BCUT2D eigenvalue weighted by Gasteiger charge is -2.40. The number of hydrogen-bond acceptors (Lipinski definition) is 5. The number of halogens is 4. The summed E-state index contributed by atoms with van der Waals surface area (Å²) in [5.74, 6) is -3.20. The van der Waals surface area contributed by atoms with Gasteiger partial charge in [-0.2, -0.15) is 5.26 Å². The van der Waals surface area contributed by atoms with Crippen LogP contribution < -0.4 is 10.6 Å². The first-order valence-electron chi connectivity index (χ1n) is 13.8. The Balaban J connectivity index is 1.86. The van der Waals surface area contributed by atoms with Crippen LogP contribution in [0.1, 0.15) is 64.0 Å². The monoisotopic (exact) mass is 640 g/mol. The van der Waals surface area contributed by atoms with Crippen molar-refractivity contribution >= 4 is 39.1 Å². The quantitative estimate of drug-likeness (QED) is 0.433. The fourth-order valence-corrected chi connectivity index (χ4v) is 7.55. The Hall–Kier alpha value is -2.29. The molecule has 228 valence electrons. The second-order valence-corrected chi connectivity index (χ2v) is 15.7.